The molecule has 0 radical (unpaired) electrons. The van der Waals surface area contributed by atoms with Crippen LogP contribution in [0.3, 0.4) is 0 Å². The van der Waals surface area contributed by atoms with Gasteiger partial charge in [0.1, 0.15) is 11.5 Å². The number of carboxylic acid groups (broad SMARTS) is 1. The Morgan fingerprint density at radius 3 is 2.34 bits per heavy atom. The fourth-order valence-corrected chi connectivity index (χ4v) is 5.58. The average molecular weight is 467 g/mol. The van der Waals surface area contributed by atoms with Crippen molar-refractivity contribution in [1.82, 2.24) is 0 Å². The van der Waals surface area contributed by atoms with Crippen LogP contribution in [0.2, 0.25) is 0 Å². The van der Waals surface area contributed by atoms with E-state index >= 15 is 0 Å². The number of benzene rings is 3. The van der Waals surface area contributed by atoms with Crippen molar-refractivity contribution in [3.8, 4) is 11.5 Å². The zero-order chi connectivity index (χ0) is 24.9. The van der Waals surface area contributed by atoms with Crippen LogP contribution in [0.25, 0.3) is 5.57 Å². The maximum Gasteiger partial charge on any atom is 0.335 e. The third-order valence-electron chi connectivity index (χ3n) is 8.62. The zero-order valence-electron chi connectivity index (χ0n) is 21.0. The molecule has 3 aromatic carbocycles. The molecule has 0 saturated heterocycles. The van der Waals surface area contributed by atoms with Gasteiger partial charge in [-0.05, 0) is 54.8 Å². The van der Waals surface area contributed by atoms with Crippen LogP contribution in [0, 0.1) is 0 Å². The summed E-state index contributed by atoms with van der Waals surface area (Å²) in [4.78, 5) is 16.4. The number of aromatic carboxylic acids is 1. The Labute approximate surface area is 205 Å². The number of carboxylic acids is 1. The number of carbonyl (C=O) groups is 1. The van der Waals surface area contributed by atoms with Crippen LogP contribution in [0.15, 0.2) is 53.5 Å². The molecule has 2 unspecified atom stereocenters. The van der Waals surface area contributed by atoms with E-state index in [2.05, 4.69) is 71.1 Å². The van der Waals surface area contributed by atoms with Gasteiger partial charge in [0.05, 0.1) is 17.0 Å². The smallest absolute Gasteiger partial charge is 0.335 e. The zero-order valence-corrected chi connectivity index (χ0v) is 21.0. The standard InChI is InChI=1S/C30H30N2O3/c1-15-29(3,4)21-11-19-25(13-23(21)31-15)35-26-14-24-22(30(5,6)16(2)32-24)12-20(26)27(19)17-7-9-18(10-8-17)28(33)34/h7-16,31H,1-6H3,(H,33,34). The van der Waals surface area contributed by atoms with E-state index in [-0.39, 0.29) is 22.4 Å². The maximum atomic E-state index is 11.5. The van der Waals surface area contributed by atoms with Gasteiger partial charge in [-0.3, -0.25) is 4.99 Å². The molecule has 3 aromatic rings. The number of nitrogens with one attached hydrogen (secondary N) is 1. The van der Waals surface area contributed by atoms with E-state index in [1.54, 1.807) is 12.1 Å². The molecule has 6 rings (SSSR count). The van der Waals surface area contributed by atoms with E-state index in [1.165, 1.54) is 11.1 Å². The third-order valence-corrected chi connectivity index (χ3v) is 8.62. The molecule has 2 atom stereocenters. The van der Waals surface area contributed by atoms with E-state index in [0.29, 0.717) is 6.04 Å². The maximum absolute atomic E-state index is 11.5. The van der Waals surface area contributed by atoms with Crippen LogP contribution in [0.5, 0.6) is 11.5 Å². The van der Waals surface area contributed by atoms with E-state index in [1.807, 2.05) is 12.1 Å². The number of ether oxygens (including phenoxy) is 1. The van der Waals surface area contributed by atoms with Crippen LogP contribution in [-0.2, 0) is 10.8 Å². The number of hydrogen-bond acceptors (Lipinski definition) is 4. The second-order valence-electron chi connectivity index (χ2n) is 11.2. The van der Waals surface area contributed by atoms with Crippen molar-refractivity contribution in [2.24, 2.45) is 4.99 Å². The third kappa shape index (κ3) is 3.00. The molecule has 0 amide bonds. The van der Waals surface area contributed by atoms with Gasteiger partial charge in [-0.15, -0.1) is 0 Å². The van der Waals surface area contributed by atoms with Gasteiger partial charge in [0.2, 0.25) is 0 Å². The van der Waals surface area contributed by atoms with Crippen LogP contribution in [-0.4, -0.2) is 23.2 Å². The lowest BCUT2D eigenvalue weighted by Crippen LogP contribution is -2.30. The summed E-state index contributed by atoms with van der Waals surface area (Å²) in [7, 11) is 0. The fourth-order valence-electron chi connectivity index (χ4n) is 5.58. The molecule has 178 valence electrons. The molecule has 5 nitrogen and oxygen atoms in total. The lowest BCUT2D eigenvalue weighted by Gasteiger charge is -2.27. The summed E-state index contributed by atoms with van der Waals surface area (Å²) < 4.78 is 6.53. The van der Waals surface area contributed by atoms with Gasteiger partial charge in [-0.1, -0.05) is 39.8 Å². The summed E-state index contributed by atoms with van der Waals surface area (Å²) >= 11 is 0. The second kappa shape index (κ2) is 6.97. The highest BCUT2D eigenvalue weighted by Crippen LogP contribution is 2.47. The van der Waals surface area contributed by atoms with Crippen molar-refractivity contribution in [1.29, 1.82) is 0 Å². The number of rotatable bonds is 2. The van der Waals surface area contributed by atoms with Crippen LogP contribution >= 0.6 is 0 Å². The first-order valence-electron chi connectivity index (χ1n) is 12.2. The van der Waals surface area contributed by atoms with Crippen LogP contribution in [0.4, 0.5) is 5.69 Å². The lowest BCUT2D eigenvalue weighted by atomic mass is 9.78. The molecule has 5 heteroatoms. The first kappa shape index (κ1) is 21.9. The Morgan fingerprint density at radius 1 is 0.943 bits per heavy atom. The van der Waals surface area contributed by atoms with E-state index in [0.717, 1.165) is 44.5 Å². The molecule has 3 aliphatic heterocycles. The van der Waals surface area contributed by atoms with Gasteiger partial charge < -0.3 is 15.2 Å². The van der Waals surface area contributed by atoms with Gasteiger partial charge in [0.25, 0.3) is 0 Å². The van der Waals surface area contributed by atoms with Crippen molar-refractivity contribution >= 4 is 17.2 Å². The molecule has 0 aromatic heterocycles. The van der Waals surface area contributed by atoms with Gasteiger partial charge in [0, 0.05) is 51.0 Å². The van der Waals surface area contributed by atoms with Crippen molar-refractivity contribution in [2.75, 3.05) is 5.32 Å². The fraction of sp³-hybridized carbons (Fsp3) is 0.333. The first-order valence-corrected chi connectivity index (χ1v) is 12.2. The average Bonchev–Trinajstić information content (AvgIpc) is 3.16. The van der Waals surface area contributed by atoms with Crippen LogP contribution in [0.1, 0.15) is 74.2 Å². The Hall–Kier alpha value is -3.60. The Bertz CT molecular complexity index is 1550. The molecular formula is C30H30N2O3. The van der Waals surface area contributed by atoms with E-state index in [9.17, 15) is 9.90 Å². The summed E-state index contributed by atoms with van der Waals surface area (Å²) in [6.45, 7) is 13.4. The summed E-state index contributed by atoms with van der Waals surface area (Å²) in [5.74, 6) is 0.660. The molecular weight excluding hydrogens is 436 g/mol. The van der Waals surface area contributed by atoms with Gasteiger partial charge in [-0.2, -0.15) is 0 Å². The Morgan fingerprint density at radius 2 is 1.66 bits per heavy atom. The van der Waals surface area contributed by atoms with Crippen LogP contribution < -0.4 is 20.6 Å². The van der Waals surface area contributed by atoms with Crippen molar-refractivity contribution in [3.05, 3.63) is 86.9 Å². The van der Waals surface area contributed by atoms with Gasteiger partial charge in [-0.25, -0.2) is 4.79 Å². The summed E-state index contributed by atoms with van der Waals surface area (Å²) in [5.41, 5.74) is 6.81. The minimum atomic E-state index is -0.927. The molecule has 0 fully saturated rings. The highest BCUT2D eigenvalue weighted by Gasteiger charge is 2.39. The minimum absolute atomic E-state index is 0.0306. The summed E-state index contributed by atoms with van der Waals surface area (Å²) in [5, 5.41) is 15.1. The number of fused-ring (bicyclic) bond motifs is 4. The lowest BCUT2D eigenvalue weighted by molar-refractivity contribution is 0.0697. The molecule has 35 heavy (non-hydrogen) atoms. The normalized spacial score (nSPS) is 22.2. The molecule has 0 spiro atoms. The second-order valence-corrected chi connectivity index (χ2v) is 11.2. The molecule has 3 aliphatic rings. The van der Waals surface area contributed by atoms with Gasteiger partial charge >= 0.3 is 5.97 Å². The summed E-state index contributed by atoms with van der Waals surface area (Å²) in [6.07, 6.45) is 0. The van der Waals surface area contributed by atoms with E-state index < -0.39 is 5.97 Å². The molecule has 0 aliphatic carbocycles. The predicted octanol–water partition coefficient (Wildman–Crippen LogP) is 5.13. The molecule has 0 bridgehead atoms. The Kier molecular flexibility index (Phi) is 4.36. The van der Waals surface area contributed by atoms with Crippen molar-refractivity contribution < 1.29 is 14.6 Å². The molecule has 0 saturated carbocycles. The van der Waals surface area contributed by atoms with Crippen molar-refractivity contribution in [3.63, 3.8) is 0 Å². The number of nitrogens with zero attached hydrogens (tertiary/aromatic N) is 1. The SMILES string of the molecule is CC1N=c2cc3c(cc2C1(C)C)=C(c1ccc(C(=O)O)cc1)c1cc2c(cc1O3)NC(C)C2(C)C. The predicted molar refractivity (Wildman–Crippen MR) is 137 cm³/mol. The minimum Gasteiger partial charge on any atom is -0.478 e. The van der Waals surface area contributed by atoms with E-state index in [4.69, 9.17) is 9.73 Å². The number of hydrogen-bond donors (Lipinski definition) is 2. The first-order chi connectivity index (χ1) is 16.5. The number of anilines is 1. The monoisotopic (exact) mass is 466 g/mol. The summed E-state index contributed by atoms with van der Waals surface area (Å²) in [6, 6.07) is 16.3. The van der Waals surface area contributed by atoms with Gasteiger partial charge in [0.15, 0.2) is 0 Å². The molecule has 2 N–H and O–H groups in total. The highest BCUT2D eigenvalue weighted by molar-refractivity contribution is 5.91. The Balaban J connectivity index is 1.68. The quantitative estimate of drug-likeness (QED) is 0.430. The molecule has 3 heterocycles. The largest absolute Gasteiger partial charge is 0.478 e. The topological polar surface area (TPSA) is 70.9 Å². The van der Waals surface area contributed by atoms with Crippen molar-refractivity contribution in [2.45, 2.75) is 64.5 Å². The highest BCUT2D eigenvalue weighted by atomic mass is 16.5.